The molecule has 0 aliphatic heterocycles. The van der Waals surface area contributed by atoms with Gasteiger partial charge in [-0.3, -0.25) is 9.48 Å². The lowest BCUT2D eigenvalue weighted by atomic mass is 10.1. The Morgan fingerprint density at radius 1 is 1.12 bits per heavy atom. The molecule has 0 atom stereocenters. The lowest BCUT2D eigenvalue weighted by Crippen LogP contribution is -2.20. The number of nitrogens with one attached hydrogen (secondary N) is 1. The maximum Gasteiger partial charge on any atom is 0.291 e. The maximum atomic E-state index is 12.2. The monoisotopic (exact) mass is 366 g/mol. The van der Waals surface area contributed by atoms with Crippen LogP contribution in [0.25, 0.3) is 0 Å². The molecule has 0 unspecified atom stereocenters. The summed E-state index contributed by atoms with van der Waals surface area (Å²) in [6.07, 6.45) is 1.76. The Balaban J connectivity index is 1.63. The maximum absolute atomic E-state index is 12.2. The van der Waals surface area contributed by atoms with E-state index in [0.717, 1.165) is 16.8 Å². The molecule has 1 N–H and O–H groups in total. The molecule has 132 valence electrons. The molecule has 1 heterocycles. The standard InChI is InChI=1S/C20H19ClN4O/c1-14-3-7-17(8-4-14)15(2)22-23-20(26)19-11-12-25(24-19)13-16-5-9-18(21)10-6-16/h3-12H,13H2,1-2H3,(H,23,26)/b22-15-. The number of hydrogen-bond donors (Lipinski definition) is 1. The molecule has 1 amide bonds. The Labute approximate surface area is 157 Å². The van der Waals surface area contributed by atoms with Crippen molar-refractivity contribution in [2.75, 3.05) is 0 Å². The van der Waals surface area contributed by atoms with E-state index in [2.05, 4.69) is 15.6 Å². The highest BCUT2D eigenvalue weighted by Crippen LogP contribution is 2.11. The van der Waals surface area contributed by atoms with E-state index in [1.165, 1.54) is 5.56 Å². The summed E-state index contributed by atoms with van der Waals surface area (Å²) in [5.41, 5.74) is 6.80. The Kier molecular flexibility index (Phi) is 5.49. The summed E-state index contributed by atoms with van der Waals surface area (Å²) in [4.78, 5) is 12.2. The zero-order valence-electron chi connectivity index (χ0n) is 14.6. The Morgan fingerprint density at radius 3 is 2.50 bits per heavy atom. The van der Waals surface area contributed by atoms with Crippen molar-refractivity contribution in [3.8, 4) is 0 Å². The minimum atomic E-state index is -0.341. The first-order valence-corrected chi connectivity index (χ1v) is 8.58. The van der Waals surface area contributed by atoms with Crippen LogP contribution in [0.3, 0.4) is 0 Å². The van der Waals surface area contributed by atoms with E-state index in [1.807, 2.05) is 62.4 Å². The molecule has 0 radical (unpaired) electrons. The van der Waals surface area contributed by atoms with E-state index < -0.39 is 0 Å². The molecule has 2 aromatic carbocycles. The van der Waals surface area contributed by atoms with Gasteiger partial charge in [0, 0.05) is 11.2 Å². The smallest absolute Gasteiger partial charge is 0.268 e. The van der Waals surface area contributed by atoms with Crippen molar-refractivity contribution in [1.29, 1.82) is 0 Å². The highest BCUT2D eigenvalue weighted by Gasteiger charge is 2.09. The Morgan fingerprint density at radius 2 is 1.81 bits per heavy atom. The van der Waals surface area contributed by atoms with Gasteiger partial charge < -0.3 is 0 Å². The van der Waals surface area contributed by atoms with Gasteiger partial charge >= 0.3 is 0 Å². The van der Waals surface area contributed by atoms with E-state index in [1.54, 1.807) is 16.9 Å². The van der Waals surface area contributed by atoms with E-state index in [4.69, 9.17) is 11.6 Å². The van der Waals surface area contributed by atoms with Crippen molar-refractivity contribution in [3.05, 3.63) is 88.2 Å². The molecule has 0 aliphatic rings. The number of carbonyl (C=O) groups is 1. The molecule has 0 spiro atoms. The van der Waals surface area contributed by atoms with Crippen molar-refractivity contribution in [3.63, 3.8) is 0 Å². The summed E-state index contributed by atoms with van der Waals surface area (Å²) in [6.45, 7) is 4.44. The molecule has 0 fully saturated rings. The third-order valence-corrected chi connectivity index (χ3v) is 4.18. The minimum absolute atomic E-state index is 0.319. The van der Waals surface area contributed by atoms with Crippen LogP contribution in [-0.2, 0) is 6.54 Å². The molecular formula is C20H19ClN4O. The molecule has 6 heteroatoms. The van der Waals surface area contributed by atoms with Gasteiger partial charge in [-0.2, -0.15) is 10.2 Å². The molecule has 1 aromatic heterocycles. The average Bonchev–Trinajstić information content (AvgIpc) is 3.10. The molecule has 26 heavy (non-hydrogen) atoms. The number of carbonyl (C=O) groups excluding carboxylic acids is 1. The molecule has 0 bridgehead atoms. The predicted octanol–water partition coefficient (Wildman–Crippen LogP) is 4.05. The third-order valence-electron chi connectivity index (χ3n) is 3.93. The second kappa shape index (κ2) is 7.97. The van der Waals surface area contributed by atoms with Gasteiger partial charge in [-0.1, -0.05) is 53.6 Å². The number of benzene rings is 2. The average molecular weight is 367 g/mol. The summed E-state index contributed by atoms with van der Waals surface area (Å²) < 4.78 is 1.70. The van der Waals surface area contributed by atoms with Crippen LogP contribution < -0.4 is 5.43 Å². The van der Waals surface area contributed by atoms with Crippen molar-refractivity contribution in [1.82, 2.24) is 15.2 Å². The number of hydrazone groups is 1. The van der Waals surface area contributed by atoms with E-state index >= 15 is 0 Å². The third kappa shape index (κ3) is 4.58. The first-order valence-electron chi connectivity index (χ1n) is 8.21. The van der Waals surface area contributed by atoms with Crippen LogP contribution >= 0.6 is 11.6 Å². The number of nitrogens with zero attached hydrogens (tertiary/aromatic N) is 3. The van der Waals surface area contributed by atoms with Crippen molar-refractivity contribution in [2.45, 2.75) is 20.4 Å². The fourth-order valence-corrected chi connectivity index (χ4v) is 2.52. The quantitative estimate of drug-likeness (QED) is 0.547. The number of aromatic nitrogens is 2. The molecular weight excluding hydrogens is 348 g/mol. The fraction of sp³-hybridized carbons (Fsp3) is 0.150. The minimum Gasteiger partial charge on any atom is -0.268 e. The normalized spacial score (nSPS) is 11.4. The number of amides is 1. The van der Waals surface area contributed by atoms with Crippen LogP contribution in [0.2, 0.25) is 5.02 Å². The summed E-state index contributed by atoms with van der Waals surface area (Å²) in [5.74, 6) is -0.341. The van der Waals surface area contributed by atoms with Gasteiger partial charge in [0.25, 0.3) is 5.91 Å². The van der Waals surface area contributed by atoms with E-state index in [0.29, 0.717) is 17.3 Å². The van der Waals surface area contributed by atoms with Gasteiger partial charge in [0.2, 0.25) is 0 Å². The van der Waals surface area contributed by atoms with Gasteiger partial charge in [0.15, 0.2) is 5.69 Å². The van der Waals surface area contributed by atoms with Crippen LogP contribution in [0.4, 0.5) is 0 Å². The summed E-state index contributed by atoms with van der Waals surface area (Å²) in [7, 11) is 0. The first kappa shape index (κ1) is 17.9. The van der Waals surface area contributed by atoms with Gasteiger partial charge in [0.1, 0.15) is 0 Å². The van der Waals surface area contributed by atoms with Gasteiger partial charge in [0.05, 0.1) is 12.3 Å². The molecule has 5 nitrogen and oxygen atoms in total. The summed E-state index contributed by atoms with van der Waals surface area (Å²) in [6, 6.07) is 17.2. The van der Waals surface area contributed by atoms with E-state index in [9.17, 15) is 4.79 Å². The van der Waals surface area contributed by atoms with E-state index in [-0.39, 0.29) is 5.91 Å². The van der Waals surface area contributed by atoms with Crippen LogP contribution in [0.1, 0.15) is 34.1 Å². The number of rotatable bonds is 5. The van der Waals surface area contributed by atoms with Crippen LogP contribution in [0.15, 0.2) is 65.9 Å². The number of halogens is 1. The Hall–Kier alpha value is -2.92. The largest absolute Gasteiger partial charge is 0.291 e. The second-order valence-corrected chi connectivity index (χ2v) is 6.47. The molecule has 3 aromatic rings. The van der Waals surface area contributed by atoms with Gasteiger partial charge in [-0.25, -0.2) is 5.43 Å². The Bertz CT molecular complexity index is 927. The zero-order valence-corrected chi connectivity index (χ0v) is 15.4. The first-order chi connectivity index (χ1) is 12.5. The lowest BCUT2D eigenvalue weighted by molar-refractivity contribution is 0.0949. The molecule has 0 aliphatic carbocycles. The van der Waals surface area contributed by atoms with Crippen molar-refractivity contribution >= 4 is 23.2 Å². The molecule has 3 rings (SSSR count). The SMILES string of the molecule is C/C(=N/NC(=O)c1ccn(Cc2ccc(Cl)cc2)n1)c1ccc(C)cc1. The molecule has 0 saturated heterocycles. The second-order valence-electron chi connectivity index (χ2n) is 6.03. The van der Waals surface area contributed by atoms with Crippen molar-refractivity contribution in [2.24, 2.45) is 5.10 Å². The fourth-order valence-electron chi connectivity index (χ4n) is 2.40. The lowest BCUT2D eigenvalue weighted by Gasteiger charge is -2.03. The topological polar surface area (TPSA) is 59.3 Å². The highest BCUT2D eigenvalue weighted by atomic mass is 35.5. The molecule has 0 saturated carbocycles. The van der Waals surface area contributed by atoms with Gasteiger partial charge in [-0.05, 0) is 43.2 Å². The highest BCUT2D eigenvalue weighted by molar-refractivity contribution is 6.30. The van der Waals surface area contributed by atoms with Crippen LogP contribution in [-0.4, -0.2) is 21.4 Å². The zero-order chi connectivity index (χ0) is 18.5. The van der Waals surface area contributed by atoms with Crippen LogP contribution in [0.5, 0.6) is 0 Å². The van der Waals surface area contributed by atoms with Gasteiger partial charge in [-0.15, -0.1) is 0 Å². The summed E-state index contributed by atoms with van der Waals surface area (Å²) >= 11 is 5.88. The predicted molar refractivity (Wildman–Crippen MR) is 104 cm³/mol. The number of hydrogen-bond acceptors (Lipinski definition) is 3. The summed E-state index contributed by atoms with van der Waals surface area (Å²) in [5, 5.41) is 9.14. The number of aryl methyl sites for hydroxylation is 1. The van der Waals surface area contributed by atoms with Crippen molar-refractivity contribution < 1.29 is 4.79 Å². The van der Waals surface area contributed by atoms with Crippen LogP contribution in [0, 0.1) is 6.92 Å².